The monoisotopic (exact) mass is 707 g/mol. The van der Waals surface area contributed by atoms with E-state index in [0.29, 0.717) is 28.8 Å². The molecule has 1 N–H and O–H groups in total. The van der Waals surface area contributed by atoms with E-state index in [1.807, 2.05) is 64.4 Å². The largest absolute Gasteiger partial charge is 0.756 e. The molecule has 0 aromatic heterocycles. The number of fused-ring (bicyclic) bond motifs is 1. The minimum absolute atomic E-state index is 0.0373. The van der Waals surface area contributed by atoms with Gasteiger partial charge < -0.3 is 38.1 Å². The average molecular weight is 708 g/mol. The Kier molecular flexibility index (Phi) is 19.2. The molecule has 278 valence electrons. The molecule has 0 saturated carbocycles. The number of ether oxygens (including phenoxy) is 2. The summed E-state index contributed by atoms with van der Waals surface area (Å²) in [5.74, 6) is 0.463. The second-order valence-corrected chi connectivity index (χ2v) is 15.4. The number of phosphoric acid groups is 1. The number of benzene rings is 2. The second-order valence-electron chi connectivity index (χ2n) is 14.0. The molecule has 0 spiro atoms. The average Bonchev–Trinajstić information content (AvgIpc) is 3.04. The smallest absolute Gasteiger partial charge is 0.407 e. The highest BCUT2D eigenvalue weighted by atomic mass is 31.2. The number of carbonyl (C=O) groups is 2. The van der Waals surface area contributed by atoms with Crippen LogP contribution in [0.15, 0.2) is 30.3 Å². The van der Waals surface area contributed by atoms with Crippen molar-refractivity contribution in [3.05, 3.63) is 35.9 Å². The van der Waals surface area contributed by atoms with E-state index in [0.717, 1.165) is 35.7 Å². The normalized spacial score (nSPS) is 13.6. The molecule has 49 heavy (non-hydrogen) atoms. The summed E-state index contributed by atoms with van der Waals surface area (Å²) in [7, 11) is 6.34. The zero-order valence-electron chi connectivity index (χ0n) is 31.1. The lowest BCUT2D eigenvalue weighted by atomic mass is 9.99. The van der Waals surface area contributed by atoms with Crippen LogP contribution in [0.25, 0.3) is 10.8 Å². The Balaban J connectivity index is 2.06. The molecule has 0 aliphatic heterocycles. The number of unbranched alkanes of at least 4 members (excludes halogenated alkanes) is 11. The van der Waals surface area contributed by atoms with Crippen LogP contribution < -0.4 is 19.8 Å². The number of rotatable bonds is 26. The molecule has 2 aromatic rings. The van der Waals surface area contributed by atoms with Crippen molar-refractivity contribution in [2.45, 2.75) is 96.5 Å². The maximum Gasteiger partial charge on any atom is 0.407 e. The third-order valence-electron chi connectivity index (χ3n) is 8.33. The number of Topliss-reactive ketones (excluding diaryl/α,β-unsaturated/α-hetero) is 1. The van der Waals surface area contributed by atoms with E-state index in [-0.39, 0.29) is 19.0 Å². The van der Waals surface area contributed by atoms with Crippen LogP contribution in [0.3, 0.4) is 0 Å². The van der Waals surface area contributed by atoms with Crippen molar-refractivity contribution in [2.24, 2.45) is 0 Å². The van der Waals surface area contributed by atoms with Gasteiger partial charge in [-0.15, -0.1) is 0 Å². The number of nitrogens with zero attached hydrogens (tertiary/aromatic N) is 2. The van der Waals surface area contributed by atoms with Gasteiger partial charge in [-0.2, -0.15) is 0 Å². The number of quaternary nitrogens is 1. The van der Waals surface area contributed by atoms with Gasteiger partial charge in [0.05, 0.1) is 27.7 Å². The third-order valence-corrected chi connectivity index (χ3v) is 9.29. The van der Waals surface area contributed by atoms with Gasteiger partial charge in [0.1, 0.15) is 25.5 Å². The highest BCUT2D eigenvalue weighted by Crippen LogP contribution is 2.38. The summed E-state index contributed by atoms with van der Waals surface area (Å²) in [6, 6.07) is 9.48. The molecular formula is C37H62N3O8P. The summed E-state index contributed by atoms with van der Waals surface area (Å²) in [6.45, 7) is 1.92. The van der Waals surface area contributed by atoms with Crippen LogP contribution >= 0.6 is 7.82 Å². The number of amides is 1. The van der Waals surface area contributed by atoms with Crippen molar-refractivity contribution < 1.29 is 42.1 Å². The number of anilines is 1. The van der Waals surface area contributed by atoms with Gasteiger partial charge in [-0.1, -0.05) is 83.6 Å². The number of alkyl carbamates (subject to hydrolysis) is 1. The van der Waals surface area contributed by atoms with Gasteiger partial charge in [-0.3, -0.25) is 9.36 Å². The third kappa shape index (κ3) is 17.7. The van der Waals surface area contributed by atoms with E-state index < -0.39 is 26.6 Å². The Morgan fingerprint density at radius 3 is 2.06 bits per heavy atom. The molecule has 1 amide bonds. The minimum atomic E-state index is -4.66. The highest BCUT2D eigenvalue weighted by molar-refractivity contribution is 7.45. The zero-order valence-corrected chi connectivity index (χ0v) is 32.0. The van der Waals surface area contributed by atoms with Gasteiger partial charge in [-0.05, 0) is 36.1 Å². The second kappa shape index (κ2) is 22.2. The summed E-state index contributed by atoms with van der Waals surface area (Å²) in [5, 5.41) is 3.96. The van der Waals surface area contributed by atoms with E-state index >= 15 is 0 Å². The van der Waals surface area contributed by atoms with Crippen LogP contribution in [-0.4, -0.2) is 91.1 Å². The molecule has 0 radical (unpaired) electrons. The van der Waals surface area contributed by atoms with Gasteiger partial charge in [0, 0.05) is 44.2 Å². The summed E-state index contributed by atoms with van der Waals surface area (Å²) >= 11 is 0. The number of hydrogen-bond acceptors (Lipinski definition) is 9. The van der Waals surface area contributed by atoms with E-state index in [1.165, 1.54) is 64.8 Å². The topological polar surface area (TPSA) is 126 Å². The van der Waals surface area contributed by atoms with E-state index in [2.05, 4.69) is 12.2 Å². The molecule has 0 bridgehead atoms. The van der Waals surface area contributed by atoms with Gasteiger partial charge in [-0.25, -0.2) is 4.79 Å². The molecule has 2 atom stereocenters. The molecule has 0 aliphatic carbocycles. The van der Waals surface area contributed by atoms with Crippen molar-refractivity contribution in [2.75, 3.05) is 73.6 Å². The summed E-state index contributed by atoms with van der Waals surface area (Å²) < 4.78 is 34.5. The Morgan fingerprint density at radius 1 is 0.878 bits per heavy atom. The number of nitrogens with one attached hydrogen (secondary N) is 1. The predicted octanol–water partition coefficient (Wildman–Crippen LogP) is 7.49. The van der Waals surface area contributed by atoms with Crippen LogP contribution in [0.2, 0.25) is 0 Å². The summed E-state index contributed by atoms with van der Waals surface area (Å²) in [5.41, 5.74) is 1.48. The maximum absolute atomic E-state index is 13.3. The van der Waals surface area contributed by atoms with Crippen LogP contribution in [-0.2, 0) is 18.3 Å². The van der Waals surface area contributed by atoms with Crippen LogP contribution in [0, 0.1) is 0 Å². The molecule has 2 unspecified atom stereocenters. The number of ketones is 1. The molecule has 0 heterocycles. The van der Waals surface area contributed by atoms with Crippen molar-refractivity contribution in [3.8, 4) is 5.75 Å². The number of likely N-dealkylation sites (N-methyl/N-ethyl adjacent to an activating group) is 1. The SMILES string of the molecule is CCCCCCCCCCCCCCC(=O)c1cc(OCC(COP(=O)([O-])OCC[N+](C)(C)C)OC(=O)NC)c2cc(N(C)C)ccc2c1. The molecule has 11 nitrogen and oxygen atoms in total. The lowest BCUT2D eigenvalue weighted by molar-refractivity contribution is -0.870. The fourth-order valence-electron chi connectivity index (χ4n) is 5.29. The number of hydrogen-bond donors (Lipinski definition) is 1. The van der Waals surface area contributed by atoms with E-state index in [9.17, 15) is 19.0 Å². The van der Waals surface area contributed by atoms with Crippen LogP contribution in [0.4, 0.5) is 10.5 Å². The standard InChI is InChI=1S/C37H62N3O8P/c1-8-9-10-11-12-13-14-15-16-17-18-19-20-35(41)31-25-30-21-22-32(39(3)4)27-34(30)36(26-31)45-28-33(48-37(42)38-2)29-47-49(43,44)46-24-23-40(5,6)7/h21-22,25-27,33H,8-20,23-24,28-29H2,1-7H3,(H-,38,42,43,44). The number of carbonyl (C=O) groups excluding carboxylic acids is 2. The Morgan fingerprint density at radius 2 is 1.49 bits per heavy atom. The van der Waals surface area contributed by atoms with E-state index in [1.54, 1.807) is 6.07 Å². The summed E-state index contributed by atoms with van der Waals surface area (Å²) in [4.78, 5) is 39.8. The van der Waals surface area contributed by atoms with Gasteiger partial charge in [0.2, 0.25) is 0 Å². The van der Waals surface area contributed by atoms with Gasteiger partial charge >= 0.3 is 6.09 Å². The Bertz CT molecular complexity index is 1330. The Labute approximate surface area is 294 Å². The highest BCUT2D eigenvalue weighted by Gasteiger charge is 2.22. The van der Waals surface area contributed by atoms with Gasteiger partial charge in [0.25, 0.3) is 7.82 Å². The molecule has 12 heteroatoms. The van der Waals surface area contributed by atoms with E-state index in [4.69, 9.17) is 18.5 Å². The first-order valence-corrected chi connectivity index (χ1v) is 19.4. The van der Waals surface area contributed by atoms with Crippen molar-refractivity contribution in [1.29, 1.82) is 0 Å². The van der Waals surface area contributed by atoms with Crippen molar-refractivity contribution in [1.82, 2.24) is 5.32 Å². The van der Waals surface area contributed by atoms with Crippen molar-refractivity contribution >= 4 is 36.2 Å². The molecular weight excluding hydrogens is 645 g/mol. The first-order valence-electron chi connectivity index (χ1n) is 17.9. The molecule has 0 fully saturated rings. The molecule has 0 saturated heterocycles. The fraction of sp³-hybridized carbons (Fsp3) is 0.676. The Hall–Kier alpha value is -2.69. The van der Waals surface area contributed by atoms with Crippen LogP contribution in [0.5, 0.6) is 5.75 Å². The summed E-state index contributed by atoms with van der Waals surface area (Å²) in [6.07, 6.45) is 13.3. The first-order chi connectivity index (χ1) is 23.2. The van der Waals surface area contributed by atoms with Gasteiger partial charge in [0.15, 0.2) is 11.9 Å². The lowest BCUT2D eigenvalue weighted by Crippen LogP contribution is -2.38. The van der Waals surface area contributed by atoms with Crippen LogP contribution in [0.1, 0.15) is 101 Å². The molecule has 0 aliphatic rings. The zero-order chi connectivity index (χ0) is 36.3. The van der Waals surface area contributed by atoms with Crippen molar-refractivity contribution in [3.63, 3.8) is 0 Å². The fourth-order valence-corrected chi connectivity index (χ4v) is 6.02. The lowest BCUT2D eigenvalue weighted by Gasteiger charge is -2.28. The predicted molar refractivity (Wildman–Crippen MR) is 196 cm³/mol. The minimum Gasteiger partial charge on any atom is -0.756 e. The number of phosphoric ester groups is 1. The first kappa shape index (κ1) is 42.5. The molecule has 2 aromatic carbocycles. The maximum atomic E-state index is 13.3. The molecule has 2 rings (SSSR count). The quantitative estimate of drug-likeness (QED) is 0.0458.